The lowest BCUT2D eigenvalue weighted by molar-refractivity contribution is 0.677. The van der Waals surface area contributed by atoms with Crippen molar-refractivity contribution in [1.82, 2.24) is 15.5 Å². The van der Waals surface area contributed by atoms with Gasteiger partial charge in [-0.25, -0.2) is 0 Å². The van der Waals surface area contributed by atoms with Gasteiger partial charge >= 0.3 is 0 Å². The van der Waals surface area contributed by atoms with E-state index in [1.54, 1.807) is 11.3 Å². The number of halogens is 2. The van der Waals surface area contributed by atoms with Gasteiger partial charge < -0.3 is 5.32 Å². The van der Waals surface area contributed by atoms with Crippen molar-refractivity contribution in [3.05, 3.63) is 19.7 Å². The van der Waals surface area contributed by atoms with Gasteiger partial charge in [0.05, 0.1) is 4.34 Å². The number of nitrogens with one attached hydrogen (secondary N) is 1. The Morgan fingerprint density at radius 2 is 2.11 bits per heavy atom. The molecule has 2 aromatic rings. The number of thiophene rings is 1. The van der Waals surface area contributed by atoms with Gasteiger partial charge in [0, 0.05) is 24.6 Å². The fraction of sp³-hybridized carbons (Fsp3) is 0.455. The molecular formula is C11H11Cl2N3S2. The maximum absolute atomic E-state index is 6.10. The smallest absolute Gasteiger partial charge is 0.150 e. The monoisotopic (exact) mass is 319 g/mol. The SMILES string of the molecule is Clc1cc(-c2nnc(CCNC3CC3)s2)c(Cl)s1. The highest BCUT2D eigenvalue weighted by atomic mass is 35.5. The lowest BCUT2D eigenvalue weighted by atomic mass is 10.4. The van der Waals surface area contributed by atoms with Crippen LogP contribution in [0.1, 0.15) is 17.8 Å². The Bertz CT molecular complexity index is 548. The first-order chi connectivity index (χ1) is 8.72. The molecule has 0 aromatic carbocycles. The second kappa shape index (κ2) is 5.43. The van der Waals surface area contributed by atoms with Crippen molar-refractivity contribution in [3.8, 4) is 10.6 Å². The van der Waals surface area contributed by atoms with Gasteiger partial charge in [0.15, 0.2) is 0 Å². The standard InChI is InChI=1S/C11H11Cl2N3S2/c12-8-5-7(10(13)17-8)11-16-15-9(18-11)3-4-14-6-1-2-6/h5-6,14H,1-4H2. The third-order valence-electron chi connectivity index (χ3n) is 2.70. The zero-order valence-corrected chi connectivity index (χ0v) is 12.6. The van der Waals surface area contributed by atoms with Crippen LogP contribution in [-0.2, 0) is 6.42 Å². The Morgan fingerprint density at radius 1 is 1.28 bits per heavy atom. The van der Waals surface area contributed by atoms with Gasteiger partial charge in [-0.1, -0.05) is 34.5 Å². The molecule has 2 aromatic heterocycles. The van der Waals surface area contributed by atoms with Crippen molar-refractivity contribution >= 4 is 45.9 Å². The van der Waals surface area contributed by atoms with E-state index in [0.717, 1.165) is 34.6 Å². The van der Waals surface area contributed by atoms with E-state index in [2.05, 4.69) is 15.5 Å². The molecule has 1 aliphatic rings. The summed E-state index contributed by atoms with van der Waals surface area (Å²) in [5.74, 6) is 0. The predicted molar refractivity (Wildman–Crippen MR) is 78.0 cm³/mol. The normalized spacial score (nSPS) is 15.2. The maximum atomic E-state index is 6.10. The molecule has 1 fully saturated rings. The molecule has 0 saturated heterocycles. The lowest BCUT2D eigenvalue weighted by Gasteiger charge is -1.97. The maximum Gasteiger partial charge on any atom is 0.150 e. The molecule has 0 amide bonds. The number of rotatable bonds is 5. The van der Waals surface area contributed by atoms with Crippen LogP contribution in [0.25, 0.3) is 10.6 Å². The zero-order chi connectivity index (χ0) is 12.5. The highest BCUT2D eigenvalue weighted by molar-refractivity contribution is 7.21. The van der Waals surface area contributed by atoms with E-state index in [9.17, 15) is 0 Å². The van der Waals surface area contributed by atoms with Crippen LogP contribution in [0.5, 0.6) is 0 Å². The molecule has 7 heteroatoms. The Labute approximate surface area is 123 Å². The topological polar surface area (TPSA) is 37.8 Å². The third-order valence-corrected chi connectivity index (χ3v) is 5.21. The Hall–Kier alpha value is -0.200. The van der Waals surface area contributed by atoms with Crippen molar-refractivity contribution < 1.29 is 0 Å². The molecule has 0 unspecified atom stereocenters. The minimum Gasteiger partial charge on any atom is -0.314 e. The molecule has 2 heterocycles. The van der Waals surface area contributed by atoms with Gasteiger partial charge in [-0.05, 0) is 18.9 Å². The summed E-state index contributed by atoms with van der Waals surface area (Å²) in [7, 11) is 0. The summed E-state index contributed by atoms with van der Waals surface area (Å²) in [4.78, 5) is 0. The molecule has 0 aliphatic heterocycles. The van der Waals surface area contributed by atoms with Crippen LogP contribution >= 0.6 is 45.9 Å². The van der Waals surface area contributed by atoms with Crippen LogP contribution in [0.3, 0.4) is 0 Å². The largest absolute Gasteiger partial charge is 0.314 e. The fourth-order valence-electron chi connectivity index (χ4n) is 1.62. The van der Waals surface area contributed by atoms with Gasteiger partial charge in [0.2, 0.25) is 0 Å². The van der Waals surface area contributed by atoms with Crippen LogP contribution in [0.2, 0.25) is 8.67 Å². The zero-order valence-electron chi connectivity index (χ0n) is 9.45. The average molecular weight is 320 g/mol. The number of nitrogens with zero attached hydrogens (tertiary/aromatic N) is 2. The van der Waals surface area contributed by atoms with E-state index in [-0.39, 0.29) is 0 Å². The van der Waals surface area contributed by atoms with E-state index >= 15 is 0 Å². The molecule has 3 rings (SSSR count). The van der Waals surface area contributed by atoms with Gasteiger partial charge in [0.25, 0.3) is 0 Å². The summed E-state index contributed by atoms with van der Waals surface area (Å²) in [6.45, 7) is 0.970. The summed E-state index contributed by atoms with van der Waals surface area (Å²) >= 11 is 15.0. The average Bonchev–Trinajstić information content (AvgIpc) is 2.92. The Kier molecular flexibility index (Phi) is 3.86. The molecule has 1 aliphatic carbocycles. The van der Waals surface area contributed by atoms with Crippen molar-refractivity contribution in [3.63, 3.8) is 0 Å². The van der Waals surface area contributed by atoms with Gasteiger partial charge in [-0.2, -0.15) is 0 Å². The fourth-order valence-corrected chi connectivity index (χ4v) is 4.07. The summed E-state index contributed by atoms with van der Waals surface area (Å²) in [6, 6.07) is 2.59. The second-order valence-electron chi connectivity index (χ2n) is 4.22. The van der Waals surface area contributed by atoms with Crippen molar-refractivity contribution in [2.75, 3.05) is 6.54 Å². The first-order valence-electron chi connectivity index (χ1n) is 5.73. The summed E-state index contributed by atoms with van der Waals surface area (Å²) in [6.07, 6.45) is 3.54. The van der Waals surface area contributed by atoms with Crippen molar-refractivity contribution in [2.24, 2.45) is 0 Å². The van der Waals surface area contributed by atoms with Crippen LogP contribution < -0.4 is 5.32 Å². The third kappa shape index (κ3) is 3.03. The first kappa shape index (κ1) is 12.8. The highest BCUT2D eigenvalue weighted by Crippen LogP contribution is 2.39. The van der Waals surface area contributed by atoms with Gasteiger partial charge in [-0.3, -0.25) is 0 Å². The quantitative estimate of drug-likeness (QED) is 0.909. The molecular weight excluding hydrogens is 309 g/mol. The van der Waals surface area contributed by atoms with Gasteiger partial charge in [-0.15, -0.1) is 21.5 Å². The van der Waals surface area contributed by atoms with E-state index in [0.29, 0.717) is 8.67 Å². The van der Waals surface area contributed by atoms with E-state index in [1.165, 1.54) is 24.2 Å². The van der Waals surface area contributed by atoms with Crippen molar-refractivity contribution in [2.45, 2.75) is 25.3 Å². The number of aromatic nitrogens is 2. The molecule has 0 radical (unpaired) electrons. The number of hydrogen-bond donors (Lipinski definition) is 1. The van der Waals surface area contributed by atoms with E-state index < -0.39 is 0 Å². The minimum absolute atomic E-state index is 0.679. The number of hydrogen-bond acceptors (Lipinski definition) is 5. The molecule has 18 heavy (non-hydrogen) atoms. The second-order valence-corrected chi connectivity index (χ2v) is 7.56. The van der Waals surface area contributed by atoms with E-state index in [4.69, 9.17) is 23.2 Å². The van der Waals surface area contributed by atoms with E-state index in [1.807, 2.05) is 6.07 Å². The summed E-state index contributed by atoms with van der Waals surface area (Å²) in [5, 5.41) is 13.7. The van der Waals surface area contributed by atoms with Crippen LogP contribution in [0.15, 0.2) is 6.07 Å². The Morgan fingerprint density at radius 3 is 2.78 bits per heavy atom. The minimum atomic E-state index is 0.679. The molecule has 0 atom stereocenters. The summed E-state index contributed by atoms with van der Waals surface area (Å²) in [5.41, 5.74) is 0.894. The van der Waals surface area contributed by atoms with Crippen LogP contribution in [0.4, 0.5) is 0 Å². The van der Waals surface area contributed by atoms with Crippen LogP contribution in [0, 0.1) is 0 Å². The first-order valence-corrected chi connectivity index (χ1v) is 8.12. The molecule has 1 saturated carbocycles. The van der Waals surface area contributed by atoms with Gasteiger partial charge in [0.1, 0.15) is 14.4 Å². The predicted octanol–water partition coefficient (Wildman–Crippen LogP) is 3.87. The molecule has 0 bridgehead atoms. The lowest BCUT2D eigenvalue weighted by Crippen LogP contribution is -2.19. The van der Waals surface area contributed by atoms with Crippen molar-refractivity contribution in [1.29, 1.82) is 0 Å². The van der Waals surface area contributed by atoms with Crippen LogP contribution in [-0.4, -0.2) is 22.8 Å². The molecule has 3 nitrogen and oxygen atoms in total. The summed E-state index contributed by atoms with van der Waals surface area (Å²) < 4.78 is 1.36. The highest BCUT2D eigenvalue weighted by Gasteiger charge is 2.20. The molecule has 96 valence electrons. The molecule has 1 N–H and O–H groups in total. The molecule has 0 spiro atoms. The Balaban J connectivity index is 1.66.